The Morgan fingerprint density at radius 1 is 1.23 bits per heavy atom. The van der Waals surface area contributed by atoms with Crippen LogP contribution in [0.25, 0.3) is 0 Å². The molecule has 4 nitrogen and oxygen atoms in total. The third kappa shape index (κ3) is 6.38. The van der Waals surface area contributed by atoms with Crippen LogP contribution < -0.4 is 10.5 Å². The number of carbonyl (C=O) groups excluding carboxylic acids is 1. The van der Waals surface area contributed by atoms with Gasteiger partial charge in [0.2, 0.25) is 5.91 Å². The number of nitrogens with two attached hydrogens (primary N) is 1. The number of carbonyl (C=O) groups is 1. The van der Waals surface area contributed by atoms with Gasteiger partial charge in [0, 0.05) is 17.8 Å². The number of pyridine rings is 1. The van der Waals surface area contributed by atoms with Crippen molar-refractivity contribution in [2.45, 2.75) is 37.6 Å². The summed E-state index contributed by atoms with van der Waals surface area (Å²) in [4.78, 5) is 16.2. The predicted octanol–water partition coefficient (Wildman–Crippen LogP) is 4.78. The van der Waals surface area contributed by atoms with Crippen LogP contribution in [0, 0.1) is 23.5 Å². The van der Waals surface area contributed by atoms with Crippen LogP contribution in [0.5, 0.6) is 0 Å². The maximum atomic E-state index is 12.1. The lowest BCUT2D eigenvalue weighted by molar-refractivity contribution is -0.121. The number of aromatic nitrogens is 1. The maximum Gasteiger partial charge on any atom is 0.227 e. The molecule has 140 valence electrons. The Balaban J connectivity index is 0.000000254. The summed E-state index contributed by atoms with van der Waals surface area (Å²) in [7, 11) is 0. The molecule has 7 heteroatoms. The molecular formula is C19H23F2N3OS. The van der Waals surface area contributed by atoms with Crippen LogP contribution >= 0.6 is 11.9 Å². The molecule has 1 aromatic carbocycles. The van der Waals surface area contributed by atoms with Crippen LogP contribution in [-0.4, -0.2) is 10.9 Å². The van der Waals surface area contributed by atoms with Crippen molar-refractivity contribution < 1.29 is 13.6 Å². The first-order chi connectivity index (χ1) is 12.5. The molecule has 1 aliphatic rings. The highest BCUT2D eigenvalue weighted by atomic mass is 32.2. The Bertz CT molecular complexity index is 708. The van der Waals surface area contributed by atoms with Crippen LogP contribution in [0.2, 0.25) is 0 Å². The molecule has 1 aliphatic carbocycles. The first-order valence-electron chi connectivity index (χ1n) is 8.53. The zero-order valence-corrected chi connectivity index (χ0v) is 15.4. The minimum Gasteiger partial charge on any atom is -0.326 e. The fourth-order valence-electron chi connectivity index (χ4n) is 2.91. The molecule has 1 aromatic heterocycles. The molecule has 1 fully saturated rings. The van der Waals surface area contributed by atoms with E-state index < -0.39 is 11.6 Å². The monoisotopic (exact) mass is 379 g/mol. The summed E-state index contributed by atoms with van der Waals surface area (Å²) in [5, 5.41) is 9.12. The van der Waals surface area contributed by atoms with Crippen molar-refractivity contribution in [1.29, 1.82) is 0 Å². The van der Waals surface area contributed by atoms with Crippen molar-refractivity contribution in [3.8, 4) is 0 Å². The lowest BCUT2D eigenvalue weighted by atomic mass is 9.82. The van der Waals surface area contributed by atoms with E-state index in [1.54, 1.807) is 18.3 Å². The Morgan fingerprint density at radius 2 is 1.92 bits per heavy atom. The minimum atomic E-state index is -0.799. The summed E-state index contributed by atoms with van der Waals surface area (Å²) in [6.07, 6.45) is 6.05. The third-order valence-corrected chi connectivity index (χ3v) is 4.72. The van der Waals surface area contributed by atoms with Crippen molar-refractivity contribution in [2.24, 2.45) is 17.0 Å². The molecule has 2 aromatic rings. The highest BCUT2D eigenvalue weighted by Gasteiger charge is 2.24. The molecule has 3 N–H and O–H groups in total. The molecule has 1 heterocycles. The SMILES string of the molecule is CC1CCCC(C(=O)Nc2ccnc(SN)c2)C1.Fc1ccccc1F. The maximum absolute atomic E-state index is 12.1. The zero-order chi connectivity index (χ0) is 18.9. The normalized spacial score (nSPS) is 19.2. The van der Waals surface area contributed by atoms with Gasteiger partial charge in [-0.1, -0.05) is 31.9 Å². The molecule has 0 aliphatic heterocycles. The number of nitrogens with one attached hydrogen (secondary N) is 1. The summed E-state index contributed by atoms with van der Waals surface area (Å²) in [5.74, 6) is -0.668. The van der Waals surface area contributed by atoms with Gasteiger partial charge in [0.05, 0.1) is 0 Å². The molecule has 1 amide bonds. The van der Waals surface area contributed by atoms with Gasteiger partial charge in [-0.15, -0.1) is 0 Å². The molecule has 1 saturated carbocycles. The number of benzene rings is 1. The minimum absolute atomic E-state index is 0.126. The van der Waals surface area contributed by atoms with E-state index in [0.29, 0.717) is 10.9 Å². The average Bonchev–Trinajstić information content (AvgIpc) is 2.65. The first kappa shape index (κ1) is 20.3. The summed E-state index contributed by atoms with van der Waals surface area (Å²) >= 11 is 1.08. The lowest BCUT2D eigenvalue weighted by Gasteiger charge is -2.25. The van der Waals surface area contributed by atoms with E-state index in [0.717, 1.165) is 49.0 Å². The largest absolute Gasteiger partial charge is 0.326 e. The van der Waals surface area contributed by atoms with Crippen molar-refractivity contribution >= 4 is 23.5 Å². The second-order valence-corrected chi connectivity index (χ2v) is 7.03. The van der Waals surface area contributed by atoms with E-state index in [-0.39, 0.29) is 11.8 Å². The Kier molecular flexibility index (Phi) is 8.00. The summed E-state index contributed by atoms with van der Waals surface area (Å²) < 4.78 is 23.9. The van der Waals surface area contributed by atoms with Crippen LogP contribution in [0.15, 0.2) is 47.6 Å². The highest BCUT2D eigenvalue weighted by Crippen LogP contribution is 2.29. The molecule has 26 heavy (non-hydrogen) atoms. The fraction of sp³-hybridized carbons (Fsp3) is 0.368. The van der Waals surface area contributed by atoms with Crippen LogP contribution in [0.3, 0.4) is 0 Å². The second kappa shape index (κ2) is 10.2. The molecule has 0 saturated heterocycles. The van der Waals surface area contributed by atoms with Gasteiger partial charge in [0.15, 0.2) is 11.6 Å². The Labute approximate surface area is 156 Å². The van der Waals surface area contributed by atoms with Crippen LogP contribution in [0.4, 0.5) is 14.5 Å². The van der Waals surface area contributed by atoms with Gasteiger partial charge < -0.3 is 5.32 Å². The average molecular weight is 379 g/mol. The molecule has 2 atom stereocenters. The van der Waals surface area contributed by atoms with Gasteiger partial charge in [-0.3, -0.25) is 9.93 Å². The van der Waals surface area contributed by atoms with Crippen molar-refractivity contribution in [2.75, 3.05) is 5.32 Å². The molecule has 0 radical (unpaired) electrons. The topological polar surface area (TPSA) is 68.0 Å². The first-order valence-corrected chi connectivity index (χ1v) is 9.41. The molecule has 0 spiro atoms. The van der Waals surface area contributed by atoms with E-state index in [4.69, 9.17) is 5.14 Å². The van der Waals surface area contributed by atoms with E-state index >= 15 is 0 Å². The predicted molar refractivity (Wildman–Crippen MR) is 100 cm³/mol. The number of anilines is 1. The summed E-state index contributed by atoms with van der Waals surface area (Å²) in [5.41, 5.74) is 0.779. The van der Waals surface area contributed by atoms with Crippen molar-refractivity contribution in [1.82, 2.24) is 4.98 Å². The van der Waals surface area contributed by atoms with Crippen molar-refractivity contribution in [3.63, 3.8) is 0 Å². The fourth-order valence-corrected chi connectivity index (χ4v) is 3.22. The van der Waals surface area contributed by atoms with E-state index in [9.17, 15) is 13.6 Å². The lowest BCUT2D eigenvalue weighted by Crippen LogP contribution is -2.27. The number of halogens is 2. The smallest absolute Gasteiger partial charge is 0.227 e. The number of nitrogens with zero attached hydrogens (tertiary/aromatic N) is 1. The number of amides is 1. The van der Waals surface area contributed by atoms with Crippen LogP contribution in [0.1, 0.15) is 32.6 Å². The number of hydrogen-bond acceptors (Lipinski definition) is 4. The second-order valence-electron chi connectivity index (χ2n) is 6.37. The number of rotatable bonds is 3. The van der Waals surface area contributed by atoms with E-state index in [1.165, 1.54) is 18.6 Å². The standard InChI is InChI=1S/C13H19N3OS.C6H4F2/c1-9-3-2-4-10(7-9)13(17)16-11-5-6-15-12(8-11)18-14;7-5-3-1-2-4-6(5)8/h5-6,8-10H,2-4,7,14H2,1H3,(H,15,16,17);1-4H. The van der Waals surface area contributed by atoms with Gasteiger partial charge in [-0.2, -0.15) is 0 Å². The quantitative estimate of drug-likeness (QED) is 0.753. The number of hydrogen-bond donors (Lipinski definition) is 2. The van der Waals surface area contributed by atoms with Crippen molar-refractivity contribution in [3.05, 3.63) is 54.2 Å². The van der Waals surface area contributed by atoms with Gasteiger partial charge in [-0.05, 0) is 55.0 Å². The van der Waals surface area contributed by atoms with Gasteiger partial charge in [0.1, 0.15) is 5.03 Å². The Hall–Kier alpha value is -1.99. The van der Waals surface area contributed by atoms with Gasteiger partial charge in [0.25, 0.3) is 0 Å². The van der Waals surface area contributed by atoms with E-state index in [1.807, 2.05) is 0 Å². The van der Waals surface area contributed by atoms with Crippen LogP contribution in [-0.2, 0) is 4.79 Å². The Morgan fingerprint density at radius 3 is 2.50 bits per heavy atom. The van der Waals surface area contributed by atoms with Gasteiger partial charge in [-0.25, -0.2) is 13.8 Å². The van der Waals surface area contributed by atoms with E-state index in [2.05, 4.69) is 17.2 Å². The molecule has 0 bridgehead atoms. The summed E-state index contributed by atoms with van der Waals surface area (Å²) in [6.45, 7) is 2.22. The zero-order valence-electron chi connectivity index (χ0n) is 14.6. The molecule has 3 rings (SSSR count). The summed E-state index contributed by atoms with van der Waals surface area (Å²) in [6, 6.07) is 8.64. The molecular weight excluding hydrogens is 356 g/mol. The highest BCUT2D eigenvalue weighted by molar-refractivity contribution is 7.97. The molecule has 2 unspecified atom stereocenters. The van der Waals surface area contributed by atoms with Gasteiger partial charge >= 0.3 is 0 Å². The third-order valence-electron chi connectivity index (χ3n) is 4.25.